The molecule has 1 atom stereocenters. The number of carbonyl (C=O) groups is 1. The zero-order valence-electron chi connectivity index (χ0n) is 11.0. The number of H-pyrrole nitrogens is 1. The minimum atomic E-state index is -1.02. The topological polar surface area (TPSA) is 92.0 Å². The largest absolute Gasteiger partial charge is 0.480 e. The Kier molecular flexibility index (Phi) is 3.66. The number of aromatic amines is 1. The summed E-state index contributed by atoms with van der Waals surface area (Å²) in [5, 5.41) is 8.80. The predicted octanol–water partition coefficient (Wildman–Crippen LogP) is 1.65. The van der Waals surface area contributed by atoms with Crippen molar-refractivity contribution in [2.24, 2.45) is 5.73 Å². The summed E-state index contributed by atoms with van der Waals surface area (Å²) in [5.74, 6) is -0.422. The fourth-order valence-electron chi connectivity index (χ4n) is 1.91. The van der Waals surface area contributed by atoms with Crippen LogP contribution in [0.4, 0.5) is 0 Å². The molecule has 0 aliphatic carbocycles. The van der Waals surface area contributed by atoms with Crippen LogP contribution >= 0.6 is 0 Å². The Hall–Kier alpha value is -2.14. The number of rotatable bonds is 4. The van der Waals surface area contributed by atoms with Gasteiger partial charge in [0, 0.05) is 17.7 Å². The van der Waals surface area contributed by atoms with Crippen molar-refractivity contribution >= 4 is 5.97 Å². The smallest absolute Gasteiger partial charge is 0.320 e. The molecule has 1 aromatic carbocycles. The summed E-state index contributed by atoms with van der Waals surface area (Å²) in [6.07, 6.45) is 0.196. The Morgan fingerprint density at radius 1 is 1.37 bits per heavy atom. The Morgan fingerprint density at radius 3 is 2.58 bits per heavy atom. The summed E-state index contributed by atoms with van der Waals surface area (Å²) >= 11 is 0. The molecule has 5 heteroatoms. The lowest BCUT2D eigenvalue weighted by atomic mass is 10.1. The third-order valence-corrected chi connectivity index (χ3v) is 2.99. The maximum atomic E-state index is 10.7. The highest BCUT2D eigenvalue weighted by Crippen LogP contribution is 2.21. The van der Waals surface area contributed by atoms with E-state index in [0.29, 0.717) is 5.82 Å². The SMILES string of the molecule is Cc1ccc(-c2nc(CC(N)C(=O)O)[nH]c2C)cc1. The summed E-state index contributed by atoms with van der Waals surface area (Å²) in [6, 6.07) is 7.10. The van der Waals surface area contributed by atoms with Gasteiger partial charge >= 0.3 is 5.97 Å². The van der Waals surface area contributed by atoms with Crippen LogP contribution in [-0.4, -0.2) is 27.1 Å². The van der Waals surface area contributed by atoms with Gasteiger partial charge in [-0.25, -0.2) is 4.98 Å². The fraction of sp³-hybridized carbons (Fsp3) is 0.286. The van der Waals surface area contributed by atoms with Crippen LogP contribution in [0.3, 0.4) is 0 Å². The molecule has 5 nitrogen and oxygen atoms in total. The van der Waals surface area contributed by atoms with Crippen LogP contribution in [-0.2, 0) is 11.2 Å². The van der Waals surface area contributed by atoms with E-state index in [0.717, 1.165) is 17.0 Å². The van der Waals surface area contributed by atoms with Gasteiger partial charge in [0.15, 0.2) is 0 Å². The van der Waals surface area contributed by atoms with Crippen molar-refractivity contribution < 1.29 is 9.90 Å². The summed E-state index contributed by atoms with van der Waals surface area (Å²) < 4.78 is 0. The van der Waals surface area contributed by atoms with Crippen molar-refractivity contribution in [1.29, 1.82) is 0 Å². The van der Waals surface area contributed by atoms with Crippen LogP contribution in [0.1, 0.15) is 17.1 Å². The monoisotopic (exact) mass is 259 g/mol. The second kappa shape index (κ2) is 5.24. The van der Waals surface area contributed by atoms with E-state index < -0.39 is 12.0 Å². The standard InChI is InChI=1S/C14H17N3O2/c1-8-3-5-10(6-4-8)13-9(2)16-12(17-13)7-11(15)14(18)19/h3-6,11H,7,15H2,1-2H3,(H,16,17)(H,18,19). The summed E-state index contributed by atoms with van der Waals surface area (Å²) in [7, 11) is 0. The first kappa shape index (κ1) is 13.3. The molecule has 100 valence electrons. The molecule has 2 rings (SSSR count). The molecule has 0 radical (unpaired) electrons. The normalized spacial score (nSPS) is 12.4. The van der Waals surface area contributed by atoms with Crippen molar-refractivity contribution in [1.82, 2.24) is 9.97 Å². The average Bonchev–Trinajstić information content (AvgIpc) is 2.71. The average molecular weight is 259 g/mol. The quantitative estimate of drug-likeness (QED) is 0.778. The van der Waals surface area contributed by atoms with Gasteiger partial charge in [0.05, 0.1) is 5.69 Å². The maximum Gasteiger partial charge on any atom is 0.320 e. The zero-order valence-corrected chi connectivity index (χ0v) is 11.0. The van der Waals surface area contributed by atoms with Gasteiger partial charge in [0.1, 0.15) is 11.9 Å². The summed E-state index contributed by atoms with van der Waals surface area (Å²) in [4.78, 5) is 18.3. The highest BCUT2D eigenvalue weighted by Gasteiger charge is 2.16. The number of carboxylic acid groups (broad SMARTS) is 1. The van der Waals surface area contributed by atoms with Crippen LogP contribution in [0.2, 0.25) is 0 Å². The second-order valence-electron chi connectivity index (χ2n) is 4.67. The molecule has 1 heterocycles. The van der Waals surface area contributed by atoms with Crippen LogP contribution in [0.5, 0.6) is 0 Å². The number of nitrogens with one attached hydrogen (secondary N) is 1. The Labute approximate surface area is 111 Å². The highest BCUT2D eigenvalue weighted by atomic mass is 16.4. The number of nitrogens with zero attached hydrogens (tertiary/aromatic N) is 1. The van der Waals surface area contributed by atoms with E-state index in [1.54, 1.807) is 0 Å². The number of nitrogens with two attached hydrogens (primary N) is 1. The molecule has 4 N–H and O–H groups in total. The van der Waals surface area contributed by atoms with E-state index in [4.69, 9.17) is 10.8 Å². The summed E-state index contributed by atoms with van der Waals surface area (Å²) in [5.41, 5.74) is 9.45. The number of hydrogen-bond donors (Lipinski definition) is 3. The number of aryl methyl sites for hydroxylation is 2. The molecule has 0 aliphatic heterocycles. The fourth-order valence-corrected chi connectivity index (χ4v) is 1.91. The summed E-state index contributed by atoms with van der Waals surface area (Å²) in [6.45, 7) is 3.94. The Bertz CT molecular complexity index is 587. The van der Waals surface area contributed by atoms with Crippen molar-refractivity contribution in [3.63, 3.8) is 0 Å². The van der Waals surface area contributed by atoms with E-state index >= 15 is 0 Å². The third-order valence-electron chi connectivity index (χ3n) is 2.99. The lowest BCUT2D eigenvalue weighted by Gasteiger charge is -2.02. The molecule has 0 spiro atoms. The maximum absolute atomic E-state index is 10.7. The molecule has 0 amide bonds. The molecule has 2 aromatic rings. The van der Waals surface area contributed by atoms with Crippen LogP contribution in [0, 0.1) is 13.8 Å². The molecular weight excluding hydrogens is 242 g/mol. The zero-order chi connectivity index (χ0) is 14.0. The van der Waals surface area contributed by atoms with Gasteiger partial charge in [-0.1, -0.05) is 29.8 Å². The van der Waals surface area contributed by atoms with Crippen molar-refractivity contribution in [2.45, 2.75) is 26.3 Å². The number of imidazole rings is 1. The molecule has 0 saturated carbocycles. The van der Waals surface area contributed by atoms with Gasteiger partial charge in [-0.15, -0.1) is 0 Å². The van der Waals surface area contributed by atoms with Gasteiger partial charge in [-0.3, -0.25) is 4.79 Å². The predicted molar refractivity (Wildman–Crippen MR) is 72.8 cm³/mol. The Morgan fingerprint density at radius 2 is 2.00 bits per heavy atom. The van der Waals surface area contributed by atoms with Crippen molar-refractivity contribution in [2.75, 3.05) is 0 Å². The molecule has 0 aliphatic rings. The lowest BCUT2D eigenvalue weighted by Crippen LogP contribution is -2.32. The first-order valence-electron chi connectivity index (χ1n) is 6.08. The van der Waals surface area contributed by atoms with E-state index in [-0.39, 0.29) is 6.42 Å². The van der Waals surface area contributed by atoms with Crippen molar-refractivity contribution in [3.8, 4) is 11.3 Å². The van der Waals surface area contributed by atoms with Gasteiger partial charge in [0.25, 0.3) is 0 Å². The van der Waals surface area contributed by atoms with Crippen molar-refractivity contribution in [3.05, 3.63) is 41.3 Å². The molecule has 0 fully saturated rings. The molecule has 19 heavy (non-hydrogen) atoms. The van der Waals surface area contributed by atoms with Gasteiger partial charge < -0.3 is 15.8 Å². The van der Waals surface area contributed by atoms with Crippen LogP contribution in [0.15, 0.2) is 24.3 Å². The van der Waals surface area contributed by atoms with Gasteiger partial charge in [-0.05, 0) is 13.8 Å². The minimum Gasteiger partial charge on any atom is -0.480 e. The number of carboxylic acids is 1. The van der Waals surface area contributed by atoms with Gasteiger partial charge in [-0.2, -0.15) is 0 Å². The number of benzene rings is 1. The highest BCUT2D eigenvalue weighted by molar-refractivity contribution is 5.73. The molecule has 0 bridgehead atoms. The third kappa shape index (κ3) is 3.00. The number of hydrogen-bond acceptors (Lipinski definition) is 3. The van der Waals surface area contributed by atoms with E-state index in [2.05, 4.69) is 9.97 Å². The number of aromatic nitrogens is 2. The first-order chi connectivity index (χ1) is 8.97. The molecule has 1 aromatic heterocycles. The van der Waals surface area contributed by atoms with E-state index in [1.807, 2.05) is 38.1 Å². The Balaban J connectivity index is 2.26. The first-order valence-corrected chi connectivity index (χ1v) is 6.08. The van der Waals surface area contributed by atoms with E-state index in [1.165, 1.54) is 5.56 Å². The molecular formula is C14H17N3O2. The second-order valence-corrected chi connectivity index (χ2v) is 4.67. The molecule has 0 saturated heterocycles. The van der Waals surface area contributed by atoms with Gasteiger partial charge in [0.2, 0.25) is 0 Å². The number of aliphatic carboxylic acids is 1. The van der Waals surface area contributed by atoms with Crippen LogP contribution in [0.25, 0.3) is 11.3 Å². The van der Waals surface area contributed by atoms with Crippen LogP contribution < -0.4 is 5.73 Å². The molecule has 1 unspecified atom stereocenters. The van der Waals surface area contributed by atoms with E-state index in [9.17, 15) is 4.79 Å². The lowest BCUT2D eigenvalue weighted by molar-refractivity contribution is -0.138. The minimum absolute atomic E-state index is 0.196.